The highest BCUT2D eigenvalue weighted by Crippen LogP contribution is 2.32. The van der Waals surface area contributed by atoms with Crippen molar-refractivity contribution in [3.8, 4) is 5.75 Å². The molecule has 0 aliphatic heterocycles. The second kappa shape index (κ2) is 8.79. The zero-order valence-electron chi connectivity index (χ0n) is 13.3. The van der Waals surface area contributed by atoms with Crippen LogP contribution < -0.4 is 10.1 Å². The van der Waals surface area contributed by atoms with E-state index in [-0.39, 0.29) is 0 Å². The molecule has 0 amide bonds. The molecule has 1 saturated carbocycles. The topological polar surface area (TPSA) is 21.3 Å². The first-order valence-electron chi connectivity index (χ1n) is 8.40. The summed E-state index contributed by atoms with van der Waals surface area (Å²) in [6, 6.07) is 6.39. The van der Waals surface area contributed by atoms with E-state index in [1.807, 2.05) is 0 Å². The summed E-state index contributed by atoms with van der Waals surface area (Å²) in [7, 11) is 0. The van der Waals surface area contributed by atoms with Crippen LogP contribution in [0.25, 0.3) is 0 Å². The average Bonchev–Trinajstić information content (AvgIpc) is 2.50. The number of rotatable bonds is 7. The highest BCUT2D eigenvalue weighted by Gasteiger charge is 2.25. The predicted octanol–water partition coefficient (Wildman–Crippen LogP) is 5.30. The molecule has 0 heterocycles. The van der Waals surface area contributed by atoms with E-state index >= 15 is 0 Å². The van der Waals surface area contributed by atoms with Gasteiger partial charge in [0.05, 0.1) is 0 Å². The van der Waals surface area contributed by atoms with Crippen LogP contribution in [0.3, 0.4) is 0 Å². The number of hydrogen-bond donors (Lipinski definition) is 1. The summed E-state index contributed by atoms with van der Waals surface area (Å²) in [6.07, 6.45) is 7.98. The summed E-state index contributed by atoms with van der Waals surface area (Å²) in [4.78, 5) is 0. The Bertz CT molecular complexity index is 435. The van der Waals surface area contributed by atoms with E-state index in [9.17, 15) is 0 Å². The maximum absolute atomic E-state index is 6.41. The Morgan fingerprint density at radius 2 is 2.05 bits per heavy atom. The van der Waals surface area contributed by atoms with Gasteiger partial charge in [-0.3, -0.25) is 0 Å². The van der Waals surface area contributed by atoms with Crippen molar-refractivity contribution in [2.24, 2.45) is 5.92 Å². The molecule has 1 aliphatic rings. The van der Waals surface area contributed by atoms with Crippen molar-refractivity contribution in [2.45, 2.75) is 65.0 Å². The molecule has 1 aromatic rings. The molecule has 1 aliphatic carbocycles. The summed E-state index contributed by atoms with van der Waals surface area (Å²) in [5.41, 5.74) is 1.26. The van der Waals surface area contributed by atoms with Crippen molar-refractivity contribution in [1.29, 1.82) is 0 Å². The second-order valence-corrected chi connectivity index (χ2v) is 6.95. The van der Waals surface area contributed by atoms with Gasteiger partial charge >= 0.3 is 0 Å². The number of nitrogens with one attached hydrogen (secondary N) is 1. The number of benzene rings is 1. The van der Waals surface area contributed by atoms with Gasteiger partial charge in [-0.25, -0.2) is 0 Å². The van der Waals surface area contributed by atoms with Crippen molar-refractivity contribution in [2.75, 3.05) is 6.54 Å². The monoisotopic (exact) mass is 353 g/mol. The molecule has 0 radical (unpaired) electrons. The molecule has 0 aromatic heterocycles. The third-order valence-corrected chi connectivity index (χ3v) is 4.90. The lowest BCUT2D eigenvalue weighted by Crippen LogP contribution is -2.30. The predicted molar refractivity (Wildman–Crippen MR) is 92.8 cm³/mol. The molecule has 2 rings (SSSR count). The van der Waals surface area contributed by atoms with E-state index in [2.05, 4.69) is 53.3 Å². The molecular weight excluding hydrogens is 326 g/mol. The van der Waals surface area contributed by atoms with Crippen LogP contribution in [0.1, 0.15) is 57.9 Å². The first-order chi connectivity index (χ1) is 10.2. The lowest BCUT2D eigenvalue weighted by atomic mass is 9.84. The highest BCUT2D eigenvalue weighted by molar-refractivity contribution is 9.10. The zero-order valence-corrected chi connectivity index (χ0v) is 14.9. The van der Waals surface area contributed by atoms with Gasteiger partial charge in [-0.1, -0.05) is 36.2 Å². The van der Waals surface area contributed by atoms with Crippen molar-refractivity contribution in [3.05, 3.63) is 28.2 Å². The van der Waals surface area contributed by atoms with Crippen LogP contribution in [-0.2, 0) is 6.54 Å². The van der Waals surface area contributed by atoms with E-state index < -0.39 is 0 Å². The van der Waals surface area contributed by atoms with E-state index in [1.54, 1.807) is 0 Å². The van der Waals surface area contributed by atoms with Gasteiger partial charge in [0, 0.05) is 16.6 Å². The lowest BCUT2D eigenvalue weighted by molar-refractivity contribution is 0.0893. The van der Waals surface area contributed by atoms with Crippen LogP contribution in [0.2, 0.25) is 0 Å². The normalized spacial score (nSPS) is 22.2. The fourth-order valence-corrected chi connectivity index (χ4v) is 3.57. The van der Waals surface area contributed by atoms with Crippen LogP contribution in [0.5, 0.6) is 5.75 Å². The van der Waals surface area contributed by atoms with Gasteiger partial charge in [0.1, 0.15) is 11.9 Å². The molecular formula is C18H28BrNO. The van der Waals surface area contributed by atoms with Crippen LogP contribution >= 0.6 is 15.9 Å². The SMILES string of the molecule is CCCNCc1cc(Br)ccc1OC1CCCCC1CC. The van der Waals surface area contributed by atoms with Crippen LogP contribution in [-0.4, -0.2) is 12.6 Å². The maximum Gasteiger partial charge on any atom is 0.124 e. The molecule has 1 aromatic carbocycles. The van der Waals surface area contributed by atoms with E-state index in [0.717, 1.165) is 35.7 Å². The average molecular weight is 354 g/mol. The van der Waals surface area contributed by atoms with Gasteiger partial charge in [-0.15, -0.1) is 0 Å². The molecule has 118 valence electrons. The third-order valence-electron chi connectivity index (χ3n) is 4.41. The Hall–Kier alpha value is -0.540. The largest absolute Gasteiger partial charge is 0.490 e. The quantitative estimate of drug-likeness (QED) is 0.671. The maximum atomic E-state index is 6.41. The molecule has 2 atom stereocenters. The van der Waals surface area contributed by atoms with Crippen LogP contribution in [0.15, 0.2) is 22.7 Å². The molecule has 2 nitrogen and oxygen atoms in total. The Kier molecular flexibility index (Phi) is 7.05. The summed E-state index contributed by atoms with van der Waals surface area (Å²) in [6.45, 7) is 6.41. The molecule has 0 bridgehead atoms. The summed E-state index contributed by atoms with van der Waals surface area (Å²) < 4.78 is 7.54. The fourth-order valence-electron chi connectivity index (χ4n) is 3.16. The minimum absolute atomic E-state index is 0.398. The minimum atomic E-state index is 0.398. The Morgan fingerprint density at radius 3 is 2.81 bits per heavy atom. The molecule has 21 heavy (non-hydrogen) atoms. The van der Waals surface area contributed by atoms with Crippen molar-refractivity contribution >= 4 is 15.9 Å². The van der Waals surface area contributed by atoms with Gasteiger partial charge in [0.15, 0.2) is 0 Å². The van der Waals surface area contributed by atoms with E-state index in [4.69, 9.17) is 4.74 Å². The number of halogens is 1. The van der Waals surface area contributed by atoms with Gasteiger partial charge in [0.2, 0.25) is 0 Å². The van der Waals surface area contributed by atoms with E-state index in [0.29, 0.717) is 6.10 Å². The zero-order chi connectivity index (χ0) is 15.1. The van der Waals surface area contributed by atoms with Crippen LogP contribution in [0.4, 0.5) is 0 Å². The second-order valence-electron chi connectivity index (χ2n) is 6.04. The first kappa shape index (κ1) is 16.8. The van der Waals surface area contributed by atoms with Gasteiger partial charge < -0.3 is 10.1 Å². The number of hydrogen-bond acceptors (Lipinski definition) is 2. The smallest absolute Gasteiger partial charge is 0.124 e. The number of ether oxygens (including phenoxy) is 1. The van der Waals surface area contributed by atoms with Gasteiger partial charge in [-0.2, -0.15) is 0 Å². The fraction of sp³-hybridized carbons (Fsp3) is 0.667. The molecule has 0 saturated heterocycles. The molecule has 3 heteroatoms. The highest BCUT2D eigenvalue weighted by atomic mass is 79.9. The minimum Gasteiger partial charge on any atom is -0.490 e. The summed E-state index contributed by atoms with van der Waals surface area (Å²) >= 11 is 3.57. The third kappa shape index (κ3) is 5.00. The van der Waals surface area contributed by atoms with Gasteiger partial charge in [-0.05, 0) is 62.8 Å². The Labute approximate surface area is 137 Å². The standard InChI is InChI=1S/C18H28BrNO/c1-3-11-20-13-15-12-16(19)9-10-18(15)21-17-8-6-5-7-14(17)4-2/h9-10,12,14,17,20H,3-8,11,13H2,1-2H3. The van der Waals surface area contributed by atoms with Crippen LogP contribution in [0, 0.1) is 5.92 Å². The molecule has 2 unspecified atom stereocenters. The van der Waals surface area contributed by atoms with Gasteiger partial charge in [0.25, 0.3) is 0 Å². The molecule has 0 spiro atoms. The van der Waals surface area contributed by atoms with Crippen molar-refractivity contribution in [3.63, 3.8) is 0 Å². The first-order valence-corrected chi connectivity index (χ1v) is 9.19. The summed E-state index contributed by atoms with van der Waals surface area (Å²) in [5.74, 6) is 1.78. The lowest BCUT2D eigenvalue weighted by Gasteiger charge is -2.32. The van der Waals surface area contributed by atoms with Crippen molar-refractivity contribution < 1.29 is 4.74 Å². The van der Waals surface area contributed by atoms with E-state index in [1.165, 1.54) is 37.7 Å². The molecule has 1 N–H and O–H groups in total. The Balaban J connectivity index is 2.06. The Morgan fingerprint density at radius 1 is 1.24 bits per heavy atom. The summed E-state index contributed by atoms with van der Waals surface area (Å²) in [5, 5.41) is 3.48. The molecule has 1 fully saturated rings. The van der Waals surface area contributed by atoms with Crippen molar-refractivity contribution in [1.82, 2.24) is 5.32 Å².